The van der Waals surface area contributed by atoms with Crippen LogP contribution in [0.15, 0.2) is 84.1 Å². The zero-order valence-electron chi connectivity index (χ0n) is 18.6. The first-order valence-corrected chi connectivity index (χ1v) is 11.9. The van der Waals surface area contributed by atoms with Gasteiger partial charge in [0, 0.05) is 29.1 Å². The Morgan fingerprint density at radius 1 is 1.00 bits per heavy atom. The number of ketones is 1. The lowest BCUT2D eigenvalue weighted by molar-refractivity contribution is 0.101. The molecule has 2 aromatic heterocycles. The Kier molecular flexibility index (Phi) is 6.65. The largest absolute Gasteiger partial charge is 0.470 e. The van der Waals surface area contributed by atoms with Gasteiger partial charge in [-0.05, 0) is 32.0 Å². The second kappa shape index (κ2) is 9.80. The summed E-state index contributed by atoms with van der Waals surface area (Å²) < 4.78 is 34.2. The minimum Gasteiger partial charge on any atom is -0.470 e. The first kappa shape index (κ1) is 23.1. The molecule has 2 aromatic carbocycles. The zero-order valence-corrected chi connectivity index (χ0v) is 19.4. The summed E-state index contributed by atoms with van der Waals surface area (Å²) in [4.78, 5) is 25.0. The van der Waals surface area contributed by atoms with Crippen LogP contribution in [0.3, 0.4) is 0 Å². The number of aryl methyl sites for hydroxylation is 1. The molecule has 4 rings (SSSR count). The van der Waals surface area contributed by atoms with Crippen molar-refractivity contribution in [1.29, 1.82) is 0 Å². The number of benzene rings is 2. The van der Waals surface area contributed by atoms with Crippen LogP contribution in [0, 0.1) is 6.92 Å². The standard InChI is InChI=1S/C25H22N4O4S/c1-17-9-11-20(12-10-17)34(31,32)29-24-25(33-16-19-6-5-13-26-14-19)28-23(15-27-24)22-8-4-3-7-21(22)18(2)30/h3-15H,16H2,1-2H3,(H,27,29). The van der Waals surface area contributed by atoms with Gasteiger partial charge in [0.1, 0.15) is 6.61 Å². The number of nitrogens with zero attached hydrogens (tertiary/aromatic N) is 3. The van der Waals surface area contributed by atoms with E-state index in [2.05, 4.69) is 19.7 Å². The number of Topliss-reactive ketones (excluding diaryl/α,β-unsaturated/α-hetero) is 1. The normalized spacial score (nSPS) is 11.1. The molecule has 0 amide bonds. The summed E-state index contributed by atoms with van der Waals surface area (Å²) in [5, 5.41) is 0. The molecule has 9 heteroatoms. The molecule has 0 spiro atoms. The molecule has 0 aliphatic carbocycles. The van der Waals surface area contributed by atoms with E-state index in [1.54, 1.807) is 54.9 Å². The van der Waals surface area contributed by atoms with Crippen LogP contribution in [0.25, 0.3) is 11.3 Å². The van der Waals surface area contributed by atoms with Crippen LogP contribution in [0.5, 0.6) is 5.88 Å². The average molecular weight is 475 g/mol. The molecule has 34 heavy (non-hydrogen) atoms. The van der Waals surface area contributed by atoms with Crippen LogP contribution < -0.4 is 9.46 Å². The first-order chi connectivity index (χ1) is 16.3. The molecule has 0 saturated heterocycles. The van der Waals surface area contributed by atoms with Crippen molar-refractivity contribution in [2.45, 2.75) is 25.3 Å². The van der Waals surface area contributed by atoms with E-state index < -0.39 is 10.0 Å². The summed E-state index contributed by atoms with van der Waals surface area (Å²) in [6.45, 7) is 3.44. The van der Waals surface area contributed by atoms with E-state index in [-0.39, 0.29) is 29.0 Å². The van der Waals surface area contributed by atoms with E-state index in [9.17, 15) is 13.2 Å². The van der Waals surface area contributed by atoms with E-state index in [0.717, 1.165) is 11.1 Å². The van der Waals surface area contributed by atoms with E-state index in [0.29, 0.717) is 16.8 Å². The third-order valence-corrected chi connectivity index (χ3v) is 6.34. The summed E-state index contributed by atoms with van der Waals surface area (Å²) in [5.74, 6) is -0.205. The first-order valence-electron chi connectivity index (χ1n) is 10.4. The molecule has 0 atom stereocenters. The van der Waals surface area contributed by atoms with Gasteiger partial charge in [-0.2, -0.15) is 0 Å². The number of anilines is 1. The predicted molar refractivity (Wildman–Crippen MR) is 128 cm³/mol. The number of ether oxygens (including phenoxy) is 1. The molecule has 8 nitrogen and oxygen atoms in total. The van der Waals surface area contributed by atoms with Gasteiger partial charge in [-0.25, -0.2) is 18.4 Å². The fraction of sp³-hybridized carbons (Fsp3) is 0.120. The second-order valence-corrected chi connectivity index (χ2v) is 9.26. The number of aromatic nitrogens is 3. The van der Waals surface area contributed by atoms with Gasteiger partial charge in [-0.1, -0.05) is 48.0 Å². The molecule has 172 valence electrons. The molecule has 0 saturated carbocycles. The fourth-order valence-electron chi connectivity index (χ4n) is 3.22. The van der Waals surface area contributed by atoms with Crippen molar-refractivity contribution >= 4 is 21.6 Å². The molecule has 4 aromatic rings. The van der Waals surface area contributed by atoms with Crippen LogP contribution in [0.1, 0.15) is 28.4 Å². The fourth-order valence-corrected chi connectivity index (χ4v) is 4.23. The van der Waals surface area contributed by atoms with Crippen LogP contribution in [-0.2, 0) is 16.6 Å². The average Bonchev–Trinajstić information content (AvgIpc) is 2.84. The van der Waals surface area contributed by atoms with Gasteiger partial charge in [0.2, 0.25) is 5.82 Å². The molecule has 0 aliphatic heterocycles. The number of carbonyl (C=O) groups is 1. The zero-order chi connectivity index (χ0) is 24.1. The van der Waals surface area contributed by atoms with Gasteiger partial charge < -0.3 is 4.74 Å². The number of hydrogen-bond acceptors (Lipinski definition) is 7. The van der Waals surface area contributed by atoms with E-state index in [1.165, 1.54) is 25.3 Å². The van der Waals surface area contributed by atoms with E-state index in [1.807, 2.05) is 13.0 Å². The molecular weight excluding hydrogens is 452 g/mol. The molecule has 0 unspecified atom stereocenters. The van der Waals surface area contributed by atoms with Gasteiger partial charge in [0.15, 0.2) is 5.78 Å². The van der Waals surface area contributed by atoms with Crippen molar-refractivity contribution in [2.24, 2.45) is 0 Å². The number of sulfonamides is 1. The quantitative estimate of drug-likeness (QED) is 0.376. The van der Waals surface area contributed by atoms with E-state index >= 15 is 0 Å². The van der Waals surface area contributed by atoms with Crippen molar-refractivity contribution in [2.75, 3.05) is 4.72 Å². The highest BCUT2D eigenvalue weighted by Crippen LogP contribution is 2.29. The van der Waals surface area contributed by atoms with Gasteiger partial charge in [0.05, 0.1) is 16.8 Å². The van der Waals surface area contributed by atoms with Crippen LogP contribution >= 0.6 is 0 Å². The molecule has 0 aliphatic rings. The van der Waals surface area contributed by atoms with Crippen LogP contribution in [0.2, 0.25) is 0 Å². The minimum absolute atomic E-state index is 0.0182. The molecule has 0 fully saturated rings. The third kappa shape index (κ3) is 5.26. The topological polar surface area (TPSA) is 111 Å². The molecule has 0 radical (unpaired) electrons. The Bertz CT molecular complexity index is 1420. The number of pyridine rings is 1. The Labute approximate surface area is 197 Å². The third-order valence-electron chi connectivity index (χ3n) is 4.98. The number of rotatable bonds is 8. The van der Waals surface area contributed by atoms with Crippen LogP contribution in [-0.4, -0.2) is 29.2 Å². The van der Waals surface area contributed by atoms with Crippen molar-refractivity contribution in [3.8, 4) is 17.1 Å². The summed E-state index contributed by atoms with van der Waals surface area (Å²) in [6.07, 6.45) is 4.69. The number of nitrogens with one attached hydrogen (secondary N) is 1. The van der Waals surface area contributed by atoms with Crippen molar-refractivity contribution < 1.29 is 17.9 Å². The van der Waals surface area contributed by atoms with Gasteiger partial charge in [-0.15, -0.1) is 0 Å². The maximum Gasteiger partial charge on any atom is 0.263 e. The van der Waals surface area contributed by atoms with Gasteiger partial charge >= 0.3 is 0 Å². The predicted octanol–water partition coefficient (Wildman–Crippen LogP) is 4.43. The number of carbonyl (C=O) groups excluding carboxylic acids is 1. The Hall–Kier alpha value is -4.11. The molecular formula is C25H22N4O4S. The number of hydrogen-bond donors (Lipinski definition) is 1. The smallest absolute Gasteiger partial charge is 0.263 e. The lowest BCUT2D eigenvalue weighted by Gasteiger charge is -2.14. The van der Waals surface area contributed by atoms with E-state index in [4.69, 9.17) is 4.74 Å². The molecule has 2 heterocycles. The van der Waals surface area contributed by atoms with Crippen molar-refractivity contribution in [1.82, 2.24) is 15.0 Å². The van der Waals surface area contributed by atoms with Crippen molar-refractivity contribution in [3.05, 3.63) is 95.9 Å². The summed E-state index contributed by atoms with van der Waals surface area (Å²) >= 11 is 0. The van der Waals surface area contributed by atoms with Gasteiger partial charge in [-0.3, -0.25) is 14.5 Å². The Balaban J connectivity index is 1.73. The SMILES string of the molecule is CC(=O)c1ccccc1-c1cnc(NS(=O)(=O)c2ccc(C)cc2)c(OCc2cccnc2)n1. The second-order valence-electron chi connectivity index (χ2n) is 7.58. The Morgan fingerprint density at radius 2 is 1.76 bits per heavy atom. The highest BCUT2D eigenvalue weighted by Gasteiger charge is 2.20. The van der Waals surface area contributed by atoms with Crippen molar-refractivity contribution in [3.63, 3.8) is 0 Å². The molecule has 1 N–H and O–H groups in total. The summed E-state index contributed by atoms with van der Waals surface area (Å²) in [5.41, 5.74) is 3.13. The highest BCUT2D eigenvalue weighted by molar-refractivity contribution is 7.92. The minimum atomic E-state index is -3.93. The summed E-state index contributed by atoms with van der Waals surface area (Å²) in [7, 11) is -3.93. The lowest BCUT2D eigenvalue weighted by atomic mass is 10.0. The maximum absolute atomic E-state index is 12.9. The Morgan fingerprint density at radius 3 is 2.47 bits per heavy atom. The van der Waals surface area contributed by atoms with Crippen LogP contribution in [0.4, 0.5) is 5.82 Å². The maximum atomic E-state index is 12.9. The lowest BCUT2D eigenvalue weighted by Crippen LogP contribution is -2.16. The molecule has 0 bridgehead atoms. The van der Waals surface area contributed by atoms with Gasteiger partial charge in [0.25, 0.3) is 15.9 Å². The summed E-state index contributed by atoms with van der Waals surface area (Å²) in [6, 6.07) is 17.0. The monoisotopic (exact) mass is 474 g/mol. The highest BCUT2D eigenvalue weighted by atomic mass is 32.2.